The van der Waals surface area contributed by atoms with E-state index in [9.17, 15) is 9.59 Å². The summed E-state index contributed by atoms with van der Waals surface area (Å²) in [5, 5.41) is 4.12. The fourth-order valence-electron chi connectivity index (χ4n) is 3.87. The molecule has 0 bridgehead atoms. The first-order valence-corrected chi connectivity index (χ1v) is 11.6. The Bertz CT molecular complexity index is 1230. The van der Waals surface area contributed by atoms with Crippen molar-refractivity contribution in [1.29, 1.82) is 0 Å². The van der Waals surface area contributed by atoms with Gasteiger partial charge in [0.05, 0.1) is 0 Å². The van der Waals surface area contributed by atoms with Gasteiger partial charge in [0.2, 0.25) is 5.91 Å². The van der Waals surface area contributed by atoms with Gasteiger partial charge < -0.3 is 14.8 Å². The summed E-state index contributed by atoms with van der Waals surface area (Å²) in [6.07, 6.45) is 2.02. The molecule has 1 atom stereocenters. The van der Waals surface area contributed by atoms with E-state index >= 15 is 0 Å². The quantitative estimate of drug-likeness (QED) is 0.535. The molecule has 0 aliphatic carbocycles. The Labute approximate surface area is 203 Å². The maximum Gasteiger partial charge on any atom is 0.299 e. The Balaban J connectivity index is 2.14. The number of hydrogen-bond donors (Lipinski definition) is 1. The maximum atomic E-state index is 13.6. The lowest BCUT2D eigenvalue weighted by molar-refractivity contribution is -0.138. The summed E-state index contributed by atoms with van der Waals surface area (Å²) < 4.78 is 2.04. The molecule has 3 rings (SSSR count). The fraction of sp³-hybridized carbons (Fsp3) is 0.379. The average molecular weight is 458 g/mol. The number of benzene rings is 2. The molecular formula is C29H35N3O2. The Kier molecular flexibility index (Phi) is 7.21. The van der Waals surface area contributed by atoms with Crippen LogP contribution in [-0.4, -0.2) is 26.8 Å². The molecule has 0 radical (unpaired) electrons. The second kappa shape index (κ2) is 9.77. The predicted octanol–water partition coefficient (Wildman–Crippen LogP) is 5.21. The van der Waals surface area contributed by atoms with E-state index in [1.807, 2.05) is 114 Å². The molecule has 1 unspecified atom stereocenters. The zero-order valence-corrected chi connectivity index (χ0v) is 21.3. The van der Waals surface area contributed by atoms with Crippen LogP contribution in [-0.2, 0) is 23.2 Å². The van der Waals surface area contributed by atoms with Crippen LogP contribution in [0.5, 0.6) is 0 Å². The first kappa shape index (κ1) is 25.1. The summed E-state index contributed by atoms with van der Waals surface area (Å²) in [4.78, 5) is 28.8. The van der Waals surface area contributed by atoms with Gasteiger partial charge in [-0.1, -0.05) is 54.5 Å². The van der Waals surface area contributed by atoms with Crippen molar-refractivity contribution in [3.05, 3.63) is 71.9 Å². The standard InChI is InChI=1S/C29H35N3O2/c1-28(2,3)18-17-25(33)32(20-22-19-31(7)24-16-12-11-15-23(22)24)26(21-13-9-8-10-14-21)27(34)30-29(4,5)6/h8-16,19,26H,20H2,1-7H3,(H,30,34). The van der Waals surface area contributed by atoms with Gasteiger partial charge in [0.15, 0.2) is 0 Å². The van der Waals surface area contributed by atoms with Crippen molar-refractivity contribution in [1.82, 2.24) is 14.8 Å². The van der Waals surface area contributed by atoms with Gasteiger partial charge in [0, 0.05) is 41.6 Å². The monoisotopic (exact) mass is 457 g/mol. The Morgan fingerprint density at radius 3 is 2.21 bits per heavy atom. The van der Waals surface area contributed by atoms with Crippen LogP contribution in [0.3, 0.4) is 0 Å². The van der Waals surface area contributed by atoms with Crippen LogP contribution < -0.4 is 5.32 Å². The second-order valence-electron chi connectivity index (χ2n) is 10.8. The topological polar surface area (TPSA) is 54.3 Å². The van der Waals surface area contributed by atoms with Gasteiger partial charge in [-0.2, -0.15) is 0 Å². The van der Waals surface area contributed by atoms with E-state index in [4.69, 9.17) is 0 Å². The number of para-hydroxylation sites is 1. The van der Waals surface area contributed by atoms with Crippen molar-refractivity contribution in [3.63, 3.8) is 0 Å². The SMILES string of the molecule is Cn1cc(CN(C(=O)C#CC(C)(C)C)C(C(=O)NC(C)(C)C)c2ccccc2)c2ccccc21. The van der Waals surface area contributed by atoms with Crippen LogP contribution >= 0.6 is 0 Å². The van der Waals surface area contributed by atoms with Gasteiger partial charge in [-0.05, 0) is 64.7 Å². The number of nitrogens with zero attached hydrogens (tertiary/aromatic N) is 2. The third-order valence-corrected chi connectivity index (χ3v) is 5.30. The molecule has 0 fully saturated rings. The van der Waals surface area contributed by atoms with Gasteiger partial charge in [0.25, 0.3) is 5.91 Å². The number of hydrogen-bond acceptors (Lipinski definition) is 2. The normalized spacial score (nSPS) is 12.6. The highest BCUT2D eigenvalue weighted by Gasteiger charge is 2.33. The minimum atomic E-state index is -0.818. The molecule has 0 saturated carbocycles. The van der Waals surface area contributed by atoms with E-state index in [0.29, 0.717) is 0 Å². The number of carbonyl (C=O) groups excluding carboxylic acids is 2. The highest BCUT2D eigenvalue weighted by Crippen LogP contribution is 2.28. The van der Waals surface area contributed by atoms with E-state index in [1.54, 1.807) is 4.90 Å². The molecule has 5 heteroatoms. The molecule has 2 amide bonds. The van der Waals surface area contributed by atoms with Crippen LogP contribution in [0.2, 0.25) is 0 Å². The molecule has 0 aliphatic heterocycles. The minimum absolute atomic E-state index is 0.232. The van der Waals surface area contributed by atoms with Crippen LogP contribution in [0.15, 0.2) is 60.8 Å². The third kappa shape index (κ3) is 6.29. The number of fused-ring (bicyclic) bond motifs is 1. The van der Waals surface area contributed by atoms with Crippen molar-refractivity contribution in [3.8, 4) is 11.8 Å². The van der Waals surface area contributed by atoms with Crippen molar-refractivity contribution >= 4 is 22.7 Å². The van der Waals surface area contributed by atoms with Crippen molar-refractivity contribution in [2.24, 2.45) is 12.5 Å². The fourth-order valence-corrected chi connectivity index (χ4v) is 3.87. The van der Waals surface area contributed by atoms with Crippen molar-refractivity contribution in [2.75, 3.05) is 0 Å². The predicted molar refractivity (Wildman–Crippen MR) is 138 cm³/mol. The second-order valence-corrected chi connectivity index (χ2v) is 10.8. The van der Waals surface area contributed by atoms with Crippen LogP contribution in [0, 0.1) is 17.3 Å². The van der Waals surface area contributed by atoms with Gasteiger partial charge in [0.1, 0.15) is 6.04 Å². The maximum absolute atomic E-state index is 13.6. The van der Waals surface area contributed by atoms with Gasteiger partial charge in [-0.15, -0.1) is 0 Å². The molecule has 1 N–H and O–H groups in total. The molecule has 0 spiro atoms. The zero-order valence-electron chi connectivity index (χ0n) is 21.3. The molecule has 1 heterocycles. The van der Waals surface area contributed by atoms with E-state index in [2.05, 4.69) is 17.2 Å². The summed E-state index contributed by atoms with van der Waals surface area (Å²) >= 11 is 0. The molecule has 2 aromatic carbocycles. The summed E-state index contributed by atoms with van der Waals surface area (Å²) in [5.74, 6) is 5.26. The largest absolute Gasteiger partial charge is 0.350 e. The van der Waals surface area contributed by atoms with Crippen LogP contribution in [0.25, 0.3) is 10.9 Å². The minimum Gasteiger partial charge on any atom is -0.350 e. The lowest BCUT2D eigenvalue weighted by Gasteiger charge is -2.32. The number of rotatable bonds is 5. The van der Waals surface area contributed by atoms with E-state index in [1.165, 1.54) is 0 Å². The highest BCUT2D eigenvalue weighted by atomic mass is 16.2. The van der Waals surface area contributed by atoms with E-state index in [-0.39, 0.29) is 23.8 Å². The first-order valence-electron chi connectivity index (χ1n) is 11.6. The van der Waals surface area contributed by atoms with Crippen molar-refractivity contribution < 1.29 is 9.59 Å². The highest BCUT2D eigenvalue weighted by molar-refractivity contribution is 5.98. The van der Waals surface area contributed by atoms with Crippen molar-refractivity contribution in [2.45, 2.75) is 59.7 Å². The van der Waals surface area contributed by atoms with E-state index < -0.39 is 11.6 Å². The lowest BCUT2D eigenvalue weighted by atomic mass is 9.97. The lowest BCUT2D eigenvalue weighted by Crippen LogP contribution is -2.49. The number of aryl methyl sites for hydroxylation is 1. The number of carbonyl (C=O) groups is 2. The molecule has 1 aromatic heterocycles. The smallest absolute Gasteiger partial charge is 0.299 e. The first-order chi connectivity index (χ1) is 15.9. The Morgan fingerprint density at radius 1 is 0.971 bits per heavy atom. The molecular weight excluding hydrogens is 422 g/mol. The van der Waals surface area contributed by atoms with E-state index in [0.717, 1.165) is 22.0 Å². The number of amides is 2. The van der Waals surface area contributed by atoms with Gasteiger partial charge in [-0.3, -0.25) is 9.59 Å². The number of aromatic nitrogens is 1. The molecule has 0 saturated heterocycles. The molecule has 5 nitrogen and oxygen atoms in total. The van der Waals surface area contributed by atoms with Crippen LogP contribution in [0.1, 0.15) is 58.7 Å². The third-order valence-electron chi connectivity index (χ3n) is 5.30. The summed E-state index contributed by atoms with van der Waals surface area (Å²) in [7, 11) is 1.98. The van der Waals surface area contributed by atoms with Gasteiger partial charge >= 0.3 is 0 Å². The zero-order chi connectivity index (χ0) is 25.1. The number of nitrogens with one attached hydrogen (secondary N) is 1. The Morgan fingerprint density at radius 2 is 1.59 bits per heavy atom. The van der Waals surface area contributed by atoms with Gasteiger partial charge in [-0.25, -0.2) is 0 Å². The average Bonchev–Trinajstić information content (AvgIpc) is 3.06. The molecule has 3 aromatic rings. The summed E-state index contributed by atoms with van der Waals surface area (Å²) in [5.41, 5.74) is 2.00. The molecule has 0 aliphatic rings. The summed E-state index contributed by atoms with van der Waals surface area (Å²) in [6.45, 7) is 11.9. The van der Waals surface area contributed by atoms with Crippen LogP contribution in [0.4, 0.5) is 0 Å². The summed E-state index contributed by atoms with van der Waals surface area (Å²) in [6, 6.07) is 16.7. The Hall–Kier alpha value is -3.52. The molecule has 178 valence electrons. The molecule has 34 heavy (non-hydrogen) atoms.